The molecule has 6 nitrogen and oxygen atoms in total. The van der Waals surface area contributed by atoms with Crippen LogP contribution in [0.3, 0.4) is 0 Å². The van der Waals surface area contributed by atoms with E-state index in [4.69, 9.17) is 0 Å². The van der Waals surface area contributed by atoms with E-state index in [1.54, 1.807) is 36.1 Å². The average Bonchev–Trinajstić information content (AvgIpc) is 2.59. The number of nitrogens with zero attached hydrogens (tertiary/aromatic N) is 1. The van der Waals surface area contributed by atoms with E-state index in [1.807, 2.05) is 6.92 Å². The molecule has 1 aliphatic heterocycles. The molecule has 1 aliphatic rings. The molecule has 0 unspecified atom stereocenters. The van der Waals surface area contributed by atoms with Gasteiger partial charge in [0.1, 0.15) is 0 Å². The molecule has 2 N–H and O–H groups in total. The van der Waals surface area contributed by atoms with Gasteiger partial charge in [0.05, 0.1) is 5.92 Å². The van der Waals surface area contributed by atoms with E-state index in [0.29, 0.717) is 37.1 Å². The van der Waals surface area contributed by atoms with Crippen LogP contribution in [0, 0.1) is 5.92 Å². The van der Waals surface area contributed by atoms with Crippen LogP contribution in [-0.2, 0) is 4.79 Å². The lowest BCUT2D eigenvalue weighted by Crippen LogP contribution is -2.49. The molecule has 2 amide bonds. The summed E-state index contributed by atoms with van der Waals surface area (Å²) in [6.45, 7) is 4.86. The molecule has 1 heterocycles. The van der Waals surface area contributed by atoms with Crippen LogP contribution in [0.1, 0.15) is 53.8 Å². The molecule has 130 valence electrons. The van der Waals surface area contributed by atoms with Crippen LogP contribution < -0.4 is 5.32 Å². The van der Waals surface area contributed by atoms with Crippen LogP contribution in [-0.4, -0.2) is 46.9 Å². The Balaban J connectivity index is 2.17. The molecule has 1 aromatic rings. The van der Waals surface area contributed by atoms with Gasteiger partial charge in [-0.2, -0.15) is 0 Å². The van der Waals surface area contributed by atoms with Crippen LogP contribution in [0.5, 0.6) is 0 Å². The van der Waals surface area contributed by atoms with Crippen LogP contribution in [0.25, 0.3) is 0 Å². The largest absolute Gasteiger partial charge is 0.481 e. The number of hydrogen-bond donors (Lipinski definition) is 2. The van der Waals surface area contributed by atoms with Crippen molar-refractivity contribution in [2.24, 2.45) is 5.92 Å². The zero-order valence-electron chi connectivity index (χ0n) is 14.1. The van der Waals surface area contributed by atoms with Crippen LogP contribution in [0.4, 0.5) is 0 Å². The second-order valence-corrected chi connectivity index (χ2v) is 6.16. The summed E-state index contributed by atoms with van der Waals surface area (Å²) < 4.78 is 0. The van der Waals surface area contributed by atoms with Gasteiger partial charge in [0.2, 0.25) is 0 Å². The predicted octanol–water partition coefficient (Wildman–Crippen LogP) is 2.15. The second kappa shape index (κ2) is 7.95. The number of nitrogens with one attached hydrogen (secondary N) is 1. The van der Waals surface area contributed by atoms with Crippen molar-refractivity contribution in [2.45, 2.75) is 39.2 Å². The maximum absolute atomic E-state index is 12.8. The fraction of sp³-hybridized carbons (Fsp3) is 0.500. The van der Waals surface area contributed by atoms with Gasteiger partial charge in [-0.25, -0.2) is 0 Å². The van der Waals surface area contributed by atoms with Crippen LogP contribution in [0.2, 0.25) is 0 Å². The van der Waals surface area contributed by atoms with E-state index >= 15 is 0 Å². The average molecular weight is 332 g/mol. The minimum absolute atomic E-state index is 0.207. The summed E-state index contributed by atoms with van der Waals surface area (Å²) in [5, 5.41) is 12.1. The van der Waals surface area contributed by atoms with Gasteiger partial charge in [0, 0.05) is 30.3 Å². The van der Waals surface area contributed by atoms with Crippen molar-refractivity contribution in [1.29, 1.82) is 0 Å². The highest BCUT2D eigenvalue weighted by Gasteiger charge is 2.35. The molecule has 1 fully saturated rings. The maximum atomic E-state index is 12.8. The zero-order valence-corrected chi connectivity index (χ0v) is 14.1. The summed E-state index contributed by atoms with van der Waals surface area (Å²) >= 11 is 0. The summed E-state index contributed by atoms with van der Waals surface area (Å²) in [4.78, 5) is 37.7. The highest BCUT2D eigenvalue weighted by Crippen LogP contribution is 2.25. The number of benzene rings is 1. The summed E-state index contributed by atoms with van der Waals surface area (Å²) in [6, 6.07) is 6.22. The highest BCUT2D eigenvalue weighted by molar-refractivity contribution is 6.00. The van der Waals surface area contributed by atoms with E-state index in [1.165, 1.54) is 0 Å². The van der Waals surface area contributed by atoms with Gasteiger partial charge in [-0.1, -0.05) is 13.0 Å². The lowest BCUT2D eigenvalue weighted by Gasteiger charge is -2.37. The Labute approximate surface area is 141 Å². The molecule has 0 radical (unpaired) electrons. The quantitative estimate of drug-likeness (QED) is 0.865. The van der Waals surface area contributed by atoms with Crippen molar-refractivity contribution < 1.29 is 19.5 Å². The first-order valence-electron chi connectivity index (χ1n) is 8.37. The predicted molar refractivity (Wildman–Crippen MR) is 89.9 cm³/mol. The number of aliphatic carboxylic acids is 1. The smallest absolute Gasteiger partial charge is 0.308 e. The summed E-state index contributed by atoms with van der Waals surface area (Å²) in [5.74, 6) is -1.84. The number of rotatable bonds is 5. The lowest BCUT2D eigenvalue weighted by molar-refractivity contribution is -0.144. The van der Waals surface area contributed by atoms with Gasteiger partial charge < -0.3 is 15.3 Å². The molecule has 0 bridgehead atoms. The zero-order chi connectivity index (χ0) is 17.7. The number of carbonyl (C=O) groups excluding carboxylic acids is 2. The Morgan fingerprint density at radius 2 is 2.00 bits per heavy atom. The molecule has 1 aromatic carbocycles. The number of carbonyl (C=O) groups is 3. The normalized spacial score (nSPS) is 20.5. The van der Waals surface area contributed by atoms with E-state index < -0.39 is 11.9 Å². The molecule has 2 atom stereocenters. The number of hydrogen-bond acceptors (Lipinski definition) is 3. The van der Waals surface area contributed by atoms with Gasteiger partial charge in [-0.3, -0.25) is 14.4 Å². The molecule has 6 heteroatoms. The summed E-state index contributed by atoms with van der Waals surface area (Å²) in [5.41, 5.74) is 0.853. The van der Waals surface area contributed by atoms with Crippen molar-refractivity contribution in [1.82, 2.24) is 10.2 Å². The number of carboxylic acid groups (broad SMARTS) is 1. The molecule has 0 spiro atoms. The minimum atomic E-state index is -0.868. The van der Waals surface area contributed by atoms with Crippen LogP contribution in [0.15, 0.2) is 24.3 Å². The summed E-state index contributed by atoms with van der Waals surface area (Å²) in [7, 11) is 0. The van der Waals surface area contributed by atoms with E-state index in [-0.39, 0.29) is 17.9 Å². The van der Waals surface area contributed by atoms with Gasteiger partial charge in [-0.15, -0.1) is 0 Å². The Kier molecular flexibility index (Phi) is 5.95. The van der Waals surface area contributed by atoms with Crippen molar-refractivity contribution in [2.75, 3.05) is 13.1 Å². The minimum Gasteiger partial charge on any atom is -0.481 e. The Morgan fingerprint density at radius 3 is 2.67 bits per heavy atom. The van der Waals surface area contributed by atoms with Crippen LogP contribution >= 0.6 is 0 Å². The monoisotopic (exact) mass is 332 g/mol. The fourth-order valence-electron chi connectivity index (χ4n) is 3.06. The lowest BCUT2D eigenvalue weighted by atomic mass is 9.89. The Morgan fingerprint density at radius 1 is 1.29 bits per heavy atom. The van der Waals surface area contributed by atoms with Crippen molar-refractivity contribution in [3.05, 3.63) is 35.4 Å². The number of likely N-dealkylation sites (tertiary alicyclic amines) is 1. The maximum Gasteiger partial charge on any atom is 0.308 e. The number of carboxylic acids is 1. The van der Waals surface area contributed by atoms with Gasteiger partial charge >= 0.3 is 5.97 Å². The fourth-order valence-corrected chi connectivity index (χ4v) is 3.06. The molecule has 2 rings (SSSR count). The third kappa shape index (κ3) is 3.93. The first-order valence-corrected chi connectivity index (χ1v) is 8.37. The van der Waals surface area contributed by atoms with E-state index in [2.05, 4.69) is 5.32 Å². The Hall–Kier alpha value is -2.37. The summed E-state index contributed by atoms with van der Waals surface area (Å²) in [6.07, 6.45) is 2.09. The second-order valence-electron chi connectivity index (χ2n) is 6.16. The first-order chi connectivity index (χ1) is 11.5. The number of amides is 2. The third-order valence-corrected chi connectivity index (χ3v) is 4.47. The number of piperidine rings is 1. The van der Waals surface area contributed by atoms with Gasteiger partial charge in [0.15, 0.2) is 0 Å². The van der Waals surface area contributed by atoms with Gasteiger partial charge in [-0.05, 0) is 44.4 Å². The van der Waals surface area contributed by atoms with Crippen molar-refractivity contribution in [3.8, 4) is 0 Å². The highest BCUT2D eigenvalue weighted by atomic mass is 16.4. The van der Waals surface area contributed by atoms with Crippen molar-refractivity contribution >= 4 is 17.8 Å². The Bertz CT molecular complexity index is 629. The van der Waals surface area contributed by atoms with Gasteiger partial charge in [0.25, 0.3) is 11.8 Å². The molecule has 0 aliphatic carbocycles. The standard InChI is InChI=1S/C18H24N2O4/c1-3-9-19-16(21)13-6-4-7-14(11-13)17(22)20-10-5-8-15(12(20)2)18(23)24/h4,6-7,11-12,15H,3,5,8-10H2,1-2H3,(H,19,21)(H,23,24)/t12-,15-/m0/s1. The molecular weight excluding hydrogens is 308 g/mol. The molecule has 24 heavy (non-hydrogen) atoms. The van der Waals surface area contributed by atoms with E-state index in [0.717, 1.165) is 6.42 Å². The molecule has 1 saturated heterocycles. The van der Waals surface area contributed by atoms with Crippen molar-refractivity contribution in [3.63, 3.8) is 0 Å². The molecule has 0 saturated carbocycles. The SMILES string of the molecule is CCCNC(=O)c1cccc(C(=O)N2CCC[C@H](C(=O)O)[C@@H]2C)c1. The molecule has 0 aromatic heterocycles. The topological polar surface area (TPSA) is 86.7 Å². The van der Waals surface area contributed by atoms with E-state index in [9.17, 15) is 19.5 Å². The third-order valence-electron chi connectivity index (χ3n) is 4.47. The molecular formula is C18H24N2O4. The first kappa shape index (κ1) is 18.0.